The number of nitrogens with one attached hydrogen (secondary N) is 1. The number of hydrogen-bond donors (Lipinski definition) is 1. The van der Waals surface area contributed by atoms with E-state index in [0.717, 1.165) is 6.26 Å². The summed E-state index contributed by atoms with van der Waals surface area (Å²) in [5.41, 5.74) is 0.0740. The molecule has 0 saturated carbocycles. The van der Waals surface area contributed by atoms with Gasteiger partial charge in [-0.3, -0.25) is 0 Å². The number of sulfonamides is 1. The molecule has 12 heteroatoms. The zero-order valence-corrected chi connectivity index (χ0v) is 16.9. The largest absolute Gasteiger partial charge is 0.375 e. The van der Waals surface area contributed by atoms with Crippen molar-refractivity contribution in [1.82, 2.24) is 19.3 Å². The monoisotopic (exact) mass is 427 g/mol. The van der Waals surface area contributed by atoms with Gasteiger partial charge < -0.3 is 19.5 Å². The highest BCUT2D eigenvalue weighted by atomic mass is 32.2. The summed E-state index contributed by atoms with van der Waals surface area (Å²) in [6, 6.07) is 4.98. The van der Waals surface area contributed by atoms with Crippen LogP contribution >= 0.6 is 0 Å². The second-order valence-corrected chi connectivity index (χ2v) is 8.56. The number of ether oxygens (including phenoxy) is 1. The van der Waals surface area contributed by atoms with E-state index in [1.807, 2.05) is 0 Å². The number of amides is 2. The van der Waals surface area contributed by atoms with E-state index < -0.39 is 21.9 Å². The Balaban J connectivity index is 1.56. The van der Waals surface area contributed by atoms with Crippen molar-refractivity contribution in [3.63, 3.8) is 0 Å². The Labute approximate surface area is 167 Å². The standard InChI is InChI=1S/C17H22FN5O5S/c1-27-11-16-20-15(21-28-16)7-8-23(29(2,25)26)12-9-22(10-12)17(24)19-14-6-4-3-5-13(14)18/h3-6,12H,7-11H2,1-2H3,(H,19,24). The predicted octanol–water partition coefficient (Wildman–Crippen LogP) is 1.08. The lowest BCUT2D eigenvalue weighted by Gasteiger charge is -2.44. The molecule has 1 aromatic heterocycles. The Morgan fingerprint density at radius 1 is 1.41 bits per heavy atom. The zero-order valence-electron chi connectivity index (χ0n) is 16.0. The van der Waals surface area contributed by atoms with Gasteiger partial charge in [0.15, 0.2) is 5.82 Å². The van der Waals surface area contributed by atoms with Crippen LogP contribution in [0.25, 0.3) is 0 Å². The van der Waals surface area contributed by atoms with Crippen molar-refractivity contribution >= 4 is 21.7 Å². The summed E-state index contributed by atoms with van der Waals surface area (Å²) in [5.74, 6) is 0.149. The zero-order chi connectivity index (χ0) is 21.0. The van der Waals surface area contributed by atoms with E-state index in [1.165, 1.54) is 34.5 Å². The average molecular weight is 427 g/mol. The molecule has 0 radical (unpaired) electrons. The molecule has 1 saturated heterocycles. The molecular weight excluding hydrogens is 405 g/mol. The molecular formula is C17H22FN5O5S. The molecule has 0 atom stereocenters. The van der Waals surface area contributed by atoms with Crippen molar-refractivity contribution in [1.29, 1.82) is 0 Å². The average Bonchev–Trinajstić information content (AvgIpc) is 3.05. The topological polar surface area (TPSA) is 118 Å². The molecule has 1 aliphatic heterocycles. The number of likely N-dealkylation sites (tertiary alicyclic amines) is 1. The Kier molecular flexibility index (Phi) is 6.45. The third kappa shape index (κ3) is 5.28. The van der Waals surface area contributed by atoms with Crippen LogP contribution in [-0.4, -0.2) is 72.8 Å². The van der Waals surface area contributed by atoms with Gasteiger partial charge in [0.05, 0.1) is 18.0 Å². The fourth-order valence-electron chi connectivity index (χ4n) is 2.96. The van der Waals surface area contributed by atoms with Crippen LogP contribution in [0.2, 0.25) is 0 Å². The first-order chi connectivity index (χ1) is 13.8. The summed E-state index contributed by atoms with van der Waals surface area (Å²) in [4.78, 5) is 17.8. The molecule has 3 rings (SSSR count). The van der Waals surface area contributed by atoms with Crippen LogP contribution in [0.1, 0.15) is 11.7 Å². The lowest BCUT2D eigenvalue weighted by atomic mass is 10.1. The lowest BCUT2D eigenvalue weighted by Crippen LogP contribution is -2.63. The third-order valence-corrected chi connectivity index (χ3v) is 5.76. The number of methoxy groups -OCH3 is 1. The highest BCUT2D eigenvalue weighted by molar-refractivity contribution is 7.88. The second-order valence-electron chi connectivity index (χ2n) is 6.63. The van der Waals surface area contributed by atoms with Crippen LogP contribution in [0.3, 0.4) is 0 Å². The van der Waals surface area contributed by atoms with E-state index in [4.69, 9.17) is 9.26 Å². The maximum absolute atomic E-state index is 13.7. The van der Waals surface area contributed by atoms with E-state index in [0.29, 0.717) is 11.7 Å². The summed E-state index contributed by atoms with van der Waals surface area (Å²) in [6.45, 7) is 0.735. The van der Waals surface area contributed by atoms with E-state index >= 15 is 0 Å². The van der Waals surface area contributed by atoms with Crippen molar-refractivity contribution in [2.75, 3.05) is 38.3 Å². The number of hydrogen-bond acceptors (Lipinski definition) is 7. The molecule has 2 amide bonds. The molecule has 2 aromatic rings. The summed E-state index contributed by atoms with van der Waals surface area (Å²) in [6.07, 6.45) is 1.37. The van der Waals surface area contributed by atoms with Crippen molar-refractivity contribution in [3.8, 4) is 0 Å². The fraction of sp³-hybridized carbons (Fsp3) is 0.471. The molecule has 0 spiro atoms. The number of aromatic nitrogens is 2. The van der Waals surface area contributed by atoms with Gasteiger partial charge in [0.1, 0.15) is 12.4 Å². The van der Waals surface area contributed by atoms with E-state index in [-0.39, 0.29) is 44.4 Å². The predicted molar refractivity (Wildman–Crippen MR) is 101 cm³/mol. The number of carbonyl (C=O) groups excluding carboxylic acids is 1. The van der Waals surface area contributed by atoms with Gasteiger partial charge in [0, 0.05) is 33.2 Å². The minimum absolute atomic E-state index is 0.0740. The maximum Gasteiger partial charge on any atom is 0.322 e. The lowest BCUT2D eigenvalue weighted by molar-refractivity contribution is 0.109. The highest BCUT2D eigenvalue weighted by Gasteiger charge is 2.39. The quantitative estimate of drug-likeness (QED) is 0.670. The smallest absolute Gasteiger partial charge is 0.322 e. The number of carbonyl (C=O) groups is 1. The van der Waals surface area contributed by atoms with Crippen molar-refractivity contribution < 1.29 is 26.9 Å². The minimum atomic E-state index is -3.51. The van der Waals surface area contributed by atoms with Gasteiger partial charge in [-0.15, -0.1) is 0 Å². The molecule has 0 bridgehead atoms. The van der Waals surface area contributed by atoms with Crippen LogP contribution in [0, 0.1) is 5.82 Å². The van der Waals surface area contributed by atoms with Gasteiger partial charge in [-0.1, -0.05) is 17.3 Å². The Hall–Kier alpha value is -2.57. The molecule has 10 nitrogen and oxygen atoms in total. The Morgan fingerprint density at radius 3 is 2.79 bits per heavy atom. The molecule has 1 N–H and O–H groups in total. The van der Waals surface area contributed by atoms with Gasteiger partial charge in [-0.05, 0) is 12.1 Å². The number of nitrogens with zero attached hydrogens (tertiary/aromatic N) is 4. The number of para-hydroxylation sites is 1. The maximum atomic E-state index is 13.7. The van der Waals surface area contributed by atoms with Crippen LogP contribution in [-0.2, 0) is 27.8 Å². The summed E-state index contributed by atoms with van der Waals surface area (Å²) < 4.78 is 49.2. The van der Waals surface area contributed by atoms with E-state index in [1.54, 1.807) is 6.07 Å². The van der Waals surface area contributed by atoms with Gasteiger partial charge in [0.25, 0.3) is 5.89 Å². The normalized spacial score (nSPS) is 14.8. The summed E-state index contributed by atoms with van der Waals surface area (Å²) >= 11 is 0. The van der Waals surface area contributed by atoms with E-state index in [9.17, 15) is 17.6 Å². The molecule has 1 aliphatic rings. The number of rotatable bonds is 8. The number of halogens is 1. The third-order valence-electron chi connectivity index (χ3n) is 4.43. The highest BCUT2D eigenvalue weighted by Crippen LogP contribution is 2.21. The van der Waals surface area contributed by atoms with Gasteiger partial charge in [-0.2, -0.15) is 9.29 Å². The van der Waals surface area contributed by atoms with E-state index in [2.05, 4.69) is 15.5 Å². The van der Waals surface area contributed by atoms with Gasteiger partial charge >= 0.3 is 6.03 Å². The van der Waals surface area contributed by atoms with Crippen LogP contribution in [0.4, 0.5) is 14.9 Å². The van der Waals surface area contributed by atoms with Gasteiger partial charge in [0.2, 0.25) is 10.0 Å². The second kappa shape index (κ2) is 8.84. The molecule has 0 unspecified atom stereocenters. The number of benzene rings is 1. The SMILES string of the molecule is COCc1nc(CCN(C2CN(C(=O)Nc3ccccc3F)C2)S(C)(=O)=O)no1. The molecule has 1 fully saturated rings. The van der Waals surface area contributed by atoms with Crippen molar-refractivity contribution in [2.24, 2.45) is 0 Å². The van der Waals surface area contributed by atoms with Crippen LogP contribution in [0.15, 0.2) is 28.8 Å². The van der Waals surface area contributed by atoms with Crippen LogP contribution < -0.4 is 5.32 Å². The molecule has 2 heterocycles. The summed E-state index contributed by atoms with van der Waals surface area (Å²) in [7, 11) is -2.01. The first kappa shape index (κ1) is 21.1. The van der Waals surface area contributed by atoms with Gasteiger partial charge in [-0.25, -0.2) is 17.6 Å². The number of urea groups is 1. The first-order valence-corrected chi connectivity index (χ1v) is 10.7. The molecule has 1 aromatic carbocycles. The molecule has 0 aliphatic carbocycles. The Bertz CT molecular complexity index is 961. The van der Waals surface area contributed by atoms with Crippen LogP contribution in [0.5, 0.6) is 0 Å². The minimum Gasteiger partial charge on any atom is -0.375 e. The van der Waals surface area contributed by atoms with Crippen molar-refractivity contribution in [2.45, 2.75) is 19.1 Å². The summed E-state index contributed by atoms with van der Waals surface area (Å²) in [5, 5.41) is 6.28. The first-order valence-electron chi connectivity index (χ1n) is 8.85. The van der Waals surface area contributed by atoms with Crippen molar-refractivity contribution in [3.05, 3.63) is 41.8 Å². The number of anilines is 1. The fourth-order valence-corrected chi connectivity index (χ4v) is 4.06. The molecule has 158 valence electrons. The Morgan fingerprint density at radius 2 is 2.14 bits per heavy atom. The molecule has 29 heavy (non-hydrogen) atoms.